The number of hydrogen-bond acceptors (Lipinski definition) is 2. The van der Waals surface area contributed by atoms with Gasteiger partial charge in [0.1, 0.15) is 0 Å². The fourth-order valence-electron chi connectivity index (χ4n) is 4.61. The molecule has 3 nitrogen and oxygen atoms in total. The summed E-state index contributed by atoms with van der Waals surface area (Å²) in [5.41, 5.74) is 5.01. The lowest BCUT2D eigenvalue weighted by Gasteiger charge is -2.27. The van der Waals surface area contributed by atoms with Crippen LogP contribution in [0, 0.1) is 0 Å². The van der Waals surface area contributed by atoms with Crippen LogP contribution in [-0.2, 0) is 9.59 Å². The van der Waals surface area contributed by atoms with E-state index in [1.54, 1.807) is 0 Å². The number of benzene rings is 3. The summed E-state index contributed by atoms with van der Waals surface area (Å²) >= 11 is 0. The molecule has 1 aliphatic carbocycles. The van der Waals surface area contributed by atoms with Gasteiger partial charge in [-0.3, -0.25) is 14.5 Å². The number of fused-ring (bicyclic) bond motifs is 6. The highest BCUT2D eigenvalue weighted by Crippen LogP contribution is 2.52. The molecule has 0 aromatic heterocycles. The molecule has 3 heteroatoms. The maximum absolute atomic E-state index is 13.4. The Balaban J connectivity index is 1.67. The Kier molecular flexibility index (Phi) is 3.51. The third-order valence-electron chi connectivity index (χ3n) is 5.89. The summed E-state index contributed by atoms with van der Waals surface area (Å²) in [5, 5.41) is 0. The highest BCUT2D eigenvalue weighted by atomic mass is 16.2. The van der Waals surface area contributed by atoms with Gasteiger partial charge < -0.3 is 0 Å². The van der Waals surface area contributed by atoms with Gasteiger partial charge >= 0.3 is 0 Å². The number of amides is 2. The molecular weight excluding hydrogens is 334 g/mol. The molecule has 3 aromatic carbocycles. The molecule has 132 valence electrons. The van der Waals surface area contributed by atoms with Crippen molar-refractivity contribution in [3.8, 4) is 11.1 Å². The molecule has 1 fully saturated rings. The Morgan fingerprint density at radius 2 is 1.11 bits per heavy atom. The molecule has 1 heterocycles. The number of likely N-dealkylation sites (tertiary alicyclic amines) is 1. The van der Waals surface area contributed by atoms with Gasteiger partial charge in [-0.15, -0.1) is 0 Å². The molecule has 1 aliphatic heterocycles. The van der Waals surface area contributed by atoms with Crippen LogP contribution in [0.4, 0.5) is 0 Å². The zero-order valence-electron chi connectivity index (χ0n) is 15.0. The molecule has 0 bridgehead atoms. The first-order valence-corrected chi connectivity index (χ1v) is 9.28. The Labute approximate surface area is 158 Å². The Morgan fingerprint density at radius 1 is 0.667 bits per heavy atom. The maximum Gasteiger partial charge on any atom is 0.238 e. The predicted molar refractivity (Wildman–Crippen MR) is 104 cm³/mol. The van der Waals surface area contributed by atoms with E-state index in [2.05, 4.69) is 0 Å². The van der Waals surface area contributed by atoms with E-state index in [4.69, 9.17) is 0 Å². The second kappa shape index (κ2) is 5.92. The number of nitrogens with zero attached hydrogens (tertiary/aromatic N) is 1. The van der Waals surface area contributed by atoms with Gasteiger partial charge in [0.2, 0.25) is 11.8 Å². The van der Waals surface area contributed by atoms with Crippen molar-refractivity contribution >= 4 is 11.8 Å². The zero-order valence-corrected chi connectivity index (χ0v) is 15.0. The lowest BCUT2D eigenvalue weighted by molar-refractivity contribution is -0.141. The number of rotatable bonds is 2. The SMILES string of the molecule is C[C@H](c1ccccc1)N1C(=O)[C@@H]2c3ccccc3-c3ccccc3[C@@H]2C1=O. The second-order valence-corrected chi connectivity index (χ2v) is 7.26. The van der Waals surface area contributed by atoms with E-state index in [9.17, 15) is 9.59 Å². The average molecular weight is 353 g/mol. The van der Waals surface area contributed by atoms with Crippen molar-refractivity contribution in [1.29, 1.82) is 0 Å². The van der Waals surface area contributed by atoms with E-state index >= 15 is 0 Å². The van der Waals surface area contributed by atoms with Crippen LogP contribution in [0.15, 0.2) is 78.9 Å². The van der Waals surface area contributed by atoms with Crippen LogP contribution in [0.1, 0.15) is 41.5 Å². The van der Waals surface area contributed by atoms with Crippen molar-refractivity contribution in [3.05, 3.63) is 95.6 Å². The van der Waals surface area contributed by atoms with Gasteiger partial charge in [0, 0.05) is 0 Å². The monoisotopic (exact) mass is 353 g/mol. The van der Waals surface area contributed by atoms with Crippen LogP contribution in [0.25, 0.3) is 11.1 Å². The molecule has 2 aliphatic rings. The Morgan fingerprint density at radius 3 is 1.63 bits per heavy atom. The summed E-state index contributed by atoms with van der Waals surface area (Å²) in [6.07, 6.45) is 0. The smallest absolute Gasteiger partial charge is 0.238 e. The van der Waals surface area contributed by atoms with Crippen molar-refractivity contribution in [2.24, 2.45) is 0 Å². The maximum atomic E-state index is 13.4. The number of hydrogen-bond donors (Lipinski definition) is 0. The quantitative estimate of drug-likeness (QED) is 0.628. The normalized spacial score (nSPS) is 21.4. The van der Waals surface area contributed by atoms with Crippen molar-refractivity contribution in [2.45, 2.75) is 24.8 Å². The predicted octanol–water partition coefficient (Wildman–Crippen LogP) is 4.66. The number of imide groups is 1. The third kappa shape index (κ3) is 2.21. The van der Waals surface area contributed by atoms with Crippen molar-refractivity contribution in [3.63, 3.8) is 0 Å². The van der Waals surface area contributed by atoms with Gasteiger partial charge in [-0.1, -0.05) is 78.9 Å². The summed E-state index contributed by atoms with van der Waals surface area (Å²) < 4.78 is 0. The van der Waals surface area contributed by atoms with Gasteiger partial charge in [0.15, 0.2) is 0 Å². The van der Waals surface area contributed by atoms with Gasteiger partial charge in [-0.2, -0.15) is 0 Å². The fourth-order valence-corrected chi connectivity index (χ4v) is 4.61. The third-order valence-corrected chi connectivity index (χ3v) is 5.89. The molecule has 0 N–H and O–H groups in total. The largest absolute Gasteiger partial charge is 0.274 e. The minimum Gasteiger partial charge on any atom is -0.274 e. The summed E-state index contributed by atoms with van der Waals surface area (Å²) in [7, 11) is 0. The average Bonchev–Trinajstić information content (AvgIpc) is 2.99. The van der Waals surface area contributed by atoms with Crippen molar-refractivity contribution in [2.75, 3.05) is 0 Å². The summed E-state index contributed by atoms with van der Waals surface area (Å²) in [4.78, 5) is 28.4. The minimum absolute atomic E-state index is 0.0942. The summed E-state index contributed by atoms with van der Waals surface area (Å²) in [5.74, 6) is -1.06. The highest BCUT2D eigenvalue weighted by molar-refractivity contribution is 6.13. The van der Waals surface area contributed by atoms with E-state index in [1.165, 1.54) is 4.90 Å². The van der Waals surface area contributed by atoms with Crippen LogP contribution in [0.3, 0.4) is 0 Å². The highest BCUT2D eigenvalue weighted by Gasteiger charge is 2.53. The molecule has 1 saturated heterocycles. The molecule has 3 aromatic rings. The standard InChI is InChI=1S/C24H19NO2/c1-15(16-9-3-2-4-10-16)25-23(26)21-19-13-7-5-11-17(19)18-12-6-8-14-20(18)22(21)24(25)27/h2-15,21-22H,1H3/t15-,21-,22+/m1/s1. The van der Waals surface area contributed by atoms with E-state index in [0.717, 1.165) is 27.8 Å². The topological polar surface area (TPSA) is 37.4 Å². The van der Waals surface area contributed by atoms with E-state index in [0.29, 0.717) is 0 Å². The van der Waals surface area contributed by atoms with E-state index in [1.807, 2.05) is 85.8 Å². The molecule has 2 amide bonds. The van der Waals surface area contributed by atoms with E-state index in [-0.39, 0.29) is 17.9 Å². The number of carbonyl (C=O) groups is 2. The molecule has 0 unspecified atom stereocenters. The van der Waals surface area contributed by atoms with Crippen LogP contribution < -0.4 is 0 Å². The lowest BCUT2D eigenvalue weighted by Crippen LogP contribution is -2.33. The Bertz CT molecular complexity index is 993. The summed E-state index contributed by atoms with van der Waals surface area (Å²) in [6, 6.07) is 25.4. The van der Waals surface area contributed by atoms with Crippen LogP contribution >= 0.6 is 0 Å². The molecule has 0 radical (unpaired) electrons. The number of carbonyl (C=O) groups excluding carboxylic acids is 2. The molecule has 5 rings (SSSR count). The van der Waals surface area contributed by atoms with Gasteiger partial charge in [0.25, 0.3) is 0 Å². The van der Waals surface area contributed by atoms with Gasteiger partial charge in [-0.25, -0.2) is 0 Å². The zero-order chi connectivity index (χ0) is 18.5. The molecule has 0 spiro atoms. The summed E-state index contributed by atoms with van der Waals surface area (Å²) in [6.45, 7) is 1.93. The van der Waals surface area contributed by atoms with Gasteiger partial charge in [-0.05, 0) is 34.7 Å². The van der Waals surface area contributed by atoms with Crippen LogP contribution in [-0.4, -0.2) is 16.7 Å². The molecular formula is C24H19NO2. The second-order valence-electron chi connectivity index (χ2n) is 7.26. The first-order valence-electron chi connectivity index (χ1n) is 9.28. The Hall–Kier alpha value is -3.20. The first kappa shape index (κ1) is 16.0. The van der Waals surface area contributed by atoms with E-state index < -0.39 is 11.8 Å². The van der Waals surface area contributed by atoms with Crippen LogP contribution in [0.5, 0.6) is 0 Å². The van der Waals surface area contributed by atoms with Crippen molar-refractivity contribution in [1.82, 2.24) is 4.90 Å². The fraction of sp³-hybridized carbons (Fsp3) is 0.167. The minimum atomic E-state index is -0.435. The van der Waals surface area contributed by atoms with Crippen molar-refractivity contribution < 1.29 is 9.59 Å². The first-order chi connectivity index (χ1) is 13.2. The van der Waals surface area contributed by atoms with Crippen LogP contribution in [0.2, 0.25) is 0 Å². The molecule has 3 atom stereocenters. The molecule has 27 heavy (non-hydrogen) atoms. The molecule has 0 saturated carbocycles. The van der Waals surface area contributed by atoms with Gasteiger partial charge in [0.05, 0.1) is 17.9 Å². The lowest BCUT2D eigenvalue weighted by atomic mass is 9.73.